The number of hydrogen-bond donors (Lipinski definition) is 2. The Morgan fingerprint density at radius 3 is 2.55 bits per heavy atom. The van der Waals surface area contributed by atoms with Crippen LogP contribution >= 0.6 is 0 Å². The van der Waals surface area contributed by atoms with Crippen LogP contribution in [0.4, 0.5) is 0 Å². The van der Waals surface area contributed by atoms with Crippen molar-refractivity contribution >= 4 is 16.0 Å². The molecular formula is C14H17N3O4S. The van der Waals surface area contributed by atoms with E-state index >= 15 is 0 Å². The van der Waals surface area contributed by atoms with Gasteiger partial charge >= 0.3 is 5.97 Å². The zero-order valence-corrected chi connectivity index (χ0v) is 13.3. The van der Waals surface area contributed by atoms with E-state index in [0.29, 0.717) is 5.56 Å². The summed E-state index contributed by atoms with van der Waals surface area (Å²) in [6.45, 7) is 3.60. The highest BCUT2D eigenvalue weighted by Crippen LogP contribution is 2.23. The van der Waals surface area contributed by atoms with Crippen LogP contribution in [0.2, 0.25) is 0 Å². The van der Waals surface area contributed by atoms with Crippen LogP contribution < -0.4 is 4.72 Å². The van der Waals surface area contributed by atoms with Crippen molar-refractivity contribution in [2.75, 3.05) is 0 Å². The highest BCUT2D eigenvalue weighted by Gasteiger charge is 2.29. The molecule has 0 aliphatic rings. The van der Waals surface area contributed by atoms with Gasteiger partial charge in [-0.3, -0.25) is 9.48 Å². The third-order valence-electron chi connectivity index (χ3n) is 3.53. The molecule has 2 N–H and O–H groups in total. The molecule has 8 heteroatoms. The second-order valence-electron chi connectivity index (χ2n) is 4.97. The number of aliphatic carboxylic acids is 1. The summed E-state index contributed by atoms with van der Waals surface area (Å²) in [5.41, 5.74) is 2.05. The number of carboxylic acid groups (broad SMARTS) is 1. The number of carboxylic acids is 1. The van der Waals surface area contributed by atoms with Crippen molar-refractivity contribution in [2.45, 2.75) is 24.9 Å². The summed E-state index contributed by atoms with van der Waals surface area (Å²) in [6.07, 6.45) is 1.34. The lowest BCUT2D eigenvalue weighted by Gasteiger charge is -2.18. The Balaban J connectivity index is 2.45. The molecule has 1 atom stereocenters. The first-order chi connectivity index (χ1) is 10.2. The van der Waals surface area contributed by atoms with Gasteiger partial charge in [-0.05, 0) is 36.6 Å². The van der Waals surface area contributed by atoms with Gasteiger partial charge in [-0.25, -0.2) is 8.42 Å². The Morgan fingerprint density at radius 2 is 2.00 bits per heavy atom. The summed E-state index contributed by atoms with van der Waals surface area (Å²) >= 11 is 0. The van der Waals surface area contributed by atoms with E-state index in [2.05, 4.69) is 9.82 Å². The minimum Gasteiger partial charge on any atom is -0.480 e. The third kappa shape index (κ3) is 3.02. The van der Waals surface area contributed by atoms with Crippen molar-refractivity contribution in [1.82, 2.24) is 14.5 Å². The summed E-state index contributed by atoms with van der Waals surface area (Å²) in [5.74, 6) is -1.26. The van der Waals surface area contributed by atoms with Crippen LogP contribution in [-0.4, -0.2) is 29.3 Å². The van der Waals surface area contributed by atoms with Gasteiger partial charge in [-0.15, -0.1) is 0 Å². The number of hydrogen-bond acceptors (Lipinski definition) is 4. The monoisotopic (exact) mass is 323 g/mol. The number of nitrogens with zero attached hydrogens (tertiary/aromatic N) is 2. The second-order valence-corrected chi connectivity index (χ2v) is 6.64. The van der Waals surface area contributed by atoms with Crippen molar-refractivity contribution in [3.63, 3.8) is 0 Å². The van der Waals surface area contributed by atoms with Gasteiger partial charge < -0.3 is 5.11 Å². The zero-order chi connectivity index (χ0) is 16.5. The fourth-order valence-corrected chi connectivity index (χ4v) is 3.47. The van der Waals surface area contributed by atoms with Gasteiger partial charge in [0.1, 0.15) is 6.04 Å². The molecule has 0 aliphatic heterocycles. The summed E-state index contributed by atoms with van der Waals surface area (Å²) in [7, 11) is -2.53. The third-order valence-corrected chi connectivity index (χ3v) is 5.03. The van der Waals surface area contributed by atoms with E-state index in [-0.39, 0.29) is 5.03 Å². The molecular weight excluding hydrogens is 306 g/mol. The van der Waals surface area contributed by atoms with Gasteiger partial charge in [-0.2, -0.15) is 9.82 Å². The normalized spacial score (nSPS) is 13.0. The molecule has 0 fully saturated rings. The fourth-order valence-electron chi connectivity index (χ4n) is 2.17. The van der Waals surface area contributed by atoms with E-state index in [1.165, 1.54) is 24.0 Å². The lowest BCUT2D eigenvalue weighted by molar-refractivity contribution is -0.139. The van der Waals surface area contributed by atoms with Crippen LogP contribution in [-0.2, 0) is 21.9 Å². The second kappa shape index (κ2) is 5.90. The lowest BCUT2D eigenvalue weighted by atomic mass is 9.98. The van der Waals surface area contributed by atoms with Crippen molar-refractivity contribution < 1.29 is 18.3 Å². The number of rotatable bonds is 5. The van der Waals surface area contributed by atoms with E-state index in [1.54, 1.807) is 19.1 Å². The predicted octanol–water partition coefficient (Wildman–Crippen LogP) is 1.14. The van der Waals surface area contributed by atoms with Gasteiger partial charge in [0.2, 0.25) is 0 Å². The summed E-state index contributed by atoms with van der Waals surface area (Å²) in [6, 6.07) is 5.09. The summed E-state index contributed by atoms with van der Waals surface area (Å²) < 4.78 is 28.1. The molecule has 0 amide bonds. The number of carbonyl (C=O) groups is 1. The molecule has 118 valence electrons. The van der Waals surface area contributed by atoms with Crippen LogP contribution in [0, 0.1) is 13.8 Å². The highest BCUT2D eigenvalue weighted by atomic mass is 32.2. The molecule has 1 unspecified atom stereocenters. The zero-order valence-electron chi connectivity index (χ0n) is 12.4. The van der Waals surface area contributed by atoms with Gasteiger partial charge in [0.05, 0.1) is 6.20 Å². The minimum absolute atomic E-state index is 0.0935. The highest BCUT2D eigenvalue weighted by molar-refractivity contribution is 7.89. The summed E-state index contributed by atoms with van der Waals surface area (Å²) in [5, 5.41) is 13.1. The molecule has 1 heterocycles. The molecule has 2 aromatic rings. The SMILES string of the molecule is Cc1cccc(C(NS(=O)(=O)c2ccnn2C)C(=O)O)c1C. The fraction of sp³-hybridized carbons (Fsp3) is 0.286. The molecule has 0 radical (unpaired) electrons. The van der Waals surface area contributed by atoms with Crippen molar-refractivity contribution in [1.29, 1.82) is 0 Å². The number of nitrogens with one attached hydrogen (secondary N) is 1. The van der Waals surface area contributed by atoms with E-state index in [9.17, 15) is 18.3 Å². The quantitative estimate of drug-likeness (QED) is 0.859. The first kappa shape index (κ1) is 16.2. The number of aryl methyl sites for hydroxylation is 2. The van der Waals surface area contributed by atoms with Gasteiger partial charge in [0.15, 0.2) is 5.03 Å². The minimum atomic E-state index is -4.00. The van der Waals surface area contributed by atoms with Crippen LogP contribution in [0.5, 0.6) is 0 Å². The van der Waals surface area contributed by atoms with E-state index in [4.69, 9.17) is 0 Å². The molecule has 0 saturated carbocycles. The average Bonchev–Trinajstić information content (AvgIpc) is 2.86. The Bertz CT molecular complexity index is 811. The predicted molar refractivity (Wildman–Crippen MR) is 79.8 cm³/mol. The Labute approximate surface area is 128 Å². The molecule has 0 aliphatic carbocycles. The van der Waals surface area contributed by atoms with Gasteiger partial charge in [-0.1, -0.05) is 18.2 Å². The maximum absolute atomic E-state index is 12.4. The van der Waals surface area contributed by atoms with Crippen LogP contribution in [0.3, 0.4) is 0 Å². The first-order valence-corrected chi connectivity index (χ1v) is 8.01. The maximum Gasteiger partial charge on any atom is 0.326 e. The average molecular weight is 323 g/mol. The van der Waals surface area contributed by atoms with E-state index in [1.807, 2.05) is 13.0 Å². The molecule has 0 spiro atoms. The molecule has 0 saturated heterocycles. The van der Waals surface area contributed by atoms with Crippen LogP contribution in [0.25, 0.3) is 0 Å². The molecule has 22 heavy (non-hydrogen) atoms. The van der Waals surface area contributed by atoms with Crippen LogP contribution in [0.15, 0.2) is 35.5 Å². The standard InChI is InChI=1S/C14H17N3O4S/c1-9-5-4-6-11(10(9)2)13(14(18)19)16-22(20,21)12-7-8-15-17(12)3/h4-8,13,16H,1-3H3,(H,18,19). The Kier molecular flexibility index (Phi) is 4.34. The van der Waals surface area contributed by atoms with Crippen molar-refractivity contribution in [2.24, 2.45) is 7.05 Å². The molecule has 0 bridgehead atoms. The Hall–Kier alpha value is -2.19. The first-order valence-electron chi connectivity index (χ1n) is 6.53. The maximum atomic E-state index is 12.4. The lowest BCUT2D eigenvalue weighted by Crippen LogP contribution is -2.35. The smallest absolute Gasteiger partial charge is 0.326 e. The number of sulfonamides is 1. The topological polar surface area (TPSA) is 101 Å². The van der Waals surface area contributed by atoms with E-state index in [0.717, 1.165) is 11.1 Å². The number of benzene rings is 1. The van der Waals surface area contributed by atoms with Crippen molar-refractivity contribution in [3.05, 3.63) is 47.2 Å². The van der Waals surface area contributed by atoms with Gasteiger partial charge in [0, 0.05) is 7.05 Å². The molecule has 1 aromatic heterocycles. The Morgan fingerprint density at radius 1 is 1.32 bits per heavy atom. The van der Waals surface area contributed by atoms with Crippen LogP contribution in [0.1, 0.15) is 22.7 Å². The van der Waals surface area contributed by atoms with Gasteiger partial charge in [0.25, 0.3) is 10.0 Å². The largest absolute Gasteiger partial charge is 0.480 e. The van der Waals surface area contributed by atoms with Crippen molar-refractivity contribution in [3.8, 4) is 0 Å². The molecule has 2 rings (SSSR count). The summed E-state index contributed by atoms with van der Waals surface area (Å²) in [4.78, 5) is 11.5. The molecule has 7 nitrogen and oxygen atoms in total. The molecule has 1 aromatic carbocycles. The number of aromatic nitrogens is 2. The van der Waals surface area contributed by atoms with E-state index < -0.39 is 22.0 Å².